The van der Waals surface area contributed by atoms with Crippen molar-refractivity contribution in [3.05, 3.63) is 0 Å². The first-order chi connectivity index (χ1) is 4.09. The van der Waals surface area contributed by atoms with E-state index < -0.39 is 24.9 Å². The van der Waals surface area contributed by atoms with Crippen molar-refractivity contribution in [1.82, 2.24) is 0 Å². The Hall–Kier alpha value is -0.160. The van der Waals surface area contributed by atoms with E-state index in [0.29, 0.717) is 0 Å². The van der Waals surface area contributed by atoms with Crippen molar-refractivity contribution >= 4 is 0 Å². The molecule has 0 saturated carbocycles. The molecule has 0 saturated heterocycles. The summed E-state index contributed by atoms with van der Waals surface area (Å²) in [6.45, 7) is 0.801. The number of hydrogen-bond donors (Lipinski definition) is 4. The topological polar surface area (TPSA) is 80.9 Å². The summed E-state index contributed by atoms with van der Waals surface area (Å²) in [6.07, 6.45) is -3.51. The van der Waals surface area contributed by atoms with Crippen LogP contribution < -0.4 is 0 Å². The smallest absolute Gasteiger partial charge is 0.108 e. The molecule has 0 spiro atoms. The predicted octanol–water partition coefficient (Wildman–Crippen LogP) is -1.92. The van der Waals surface area contributed by atoms with E-state index in [0.717, 1.165) is 0 Å². The second-order valence-corrected chi connectivity index (χ2v) is 1.98. The van der Waals surface area contributed by atoms with E-state index in [1.165, 1.54) is 6.92 Å². The van der Waals surface area contributed by atoms with Crippen LogP contribution in [-0.4, -0.2) is 45.3 Å². The minimum atomic E-state index is -1.25. The lowest BCUT2D eigenvalue weighted by molar-refractivity contribution is -0.0698. The standard InChI is InChI=1S/C5H12O4/c1-3(7)5(9)4(8)2-6/h3-9H,2H2,1H3/t3?,4?,5-/m1/s1. The maximum atomic E-state index is 8.73. The van der Waals surface area contributed by atoms with Gasteiger partial charge in [-0.2, -0.15) is 0 Å². The maximum absolute atomic E-state index is 8.73. The van der Waals surface area contributed by atoms with Crippen LogP contribution in [0.1, 0.15) is 6.92 Å². The average molecular weight is 136 g/mol. The summed E-state index contributed by atoms with van der Waals surface area (Å²) in [5.74, 6) is 0. The minimum absolute atomic E-state index is 0.536. The molecule has 0 aliphatic carbocycles. The molecule has 0 radical (unpaired) electrons. The molecule has 0 amide bonds. The van der Waals surface area contributed by atoms with Gasteiger partial charge < -0.3 is 20.4 Å². The molecule has 0 aliphatic heterocycles. The third-order valence-corrected chi connectivity index (χ3v) is 1.08. The first kappa shape index (κ1) is 8.84. The Morgan fingerprint density at radius 3 is 1.78 bits per heavy atom. The Morgan fingerprint density at radius 2 is 1.67 bits per heavy atom. The van der Waals surface area contributed by atoms with Gasteiger partial charge in [0, 0.05) is 0 Å². The monoisotopic (exact) mass is 136 g/mol. The van der Waals surface area contributed by atoms with Gasteiger partial charge in [0.05, 0.1) is 12.7 Å². The van der Waals surface area contributed by atoms with Gasteiger partial charge in [-0.25, -0.2) is 0 Å². The van der Waals surface area contributed by atoms with Gasteiger partial charge in [-0.05, 0) is 6.92 Å². The van der Waals surface area contributed by atoms with Crippen LogP contribution >= 0.6 is 0 Å². The van der Waals surface area contributed by atoms with Gasteiger partial charge >= 0.3 is 0 Å². The molecule has 3 atom stereocenters. The molecule has 0 bridgehead atoms. The highest BCUT2D eigenvalue weighted by Gasteiger charge is 2.19. The molecule has 56 valence electrons. The Labute approximate surface area is 53.4 Å². The number of aliphatic hydroxyl groups is 4. The van der Waals surface area contributed by atoms with Crippen molar-refractivity contribution in [1.29, 1.82) is 0 Å². The highest BCUT2D eigenvalue weighted by Crippen LogP contribution is 1.97. The fourth-order valence-electron chi connectivity index (χ4n) is 0.429. The Balaban J connectivity index is 3.58. The van der Waals surface area contributed by atoms with Crippen molar-refractivity contribution in [3.63, 3.8) is 0 Å². The molecule has 9 heavy (non-hydrogen) atoms. The fraction of sp³-hybridized carbons (Fsp3) is 1.00. The largest absolute Gasteiger partial charge is 0.394 e. The average Bonchev–Trinajstić information content (AvgIpc) is 1.84. The minimum Gasteiger partial charge on any atom is -0.394 e. The summed E-state index contributed by atoms with van der Waals surface area (Å²) < 4.78 is 0. The van der Waals surface area contributed by atoms with E-state index in [1.807, 2.05) is 0 Å². The SMILES string of the molecule is CC(O)[C@@H](O)C(O)CO. The van der Waals surface area contributed by atoms with Crippen LogP contribution in [-0.2, 0) is 0 Å². The zero-order valence-electron chi connectivity index (χ0n) is 5.23. The first-order valence-electron chi connectivity index (χ1n) is 2.74. The predicted molar refractivity (Wildman–Crippen MR) is 30.8 cm³/mol. The molecule has 4 heteroatoms. The van der Waals surface area contributed by atoms with E-state index in [9.17, 15) is 0 Å². The maximum Gasteiger partial charge on any atom is 0.108 e. The molecule has 4 N–H and O–H groups in total. The highest BCUT2D eigenvalue weighted by molar-refractivity contribution is 4.70. The molecule has 2 unspecified atom stereocenters. The molecule has 0 aromatic carbocycles. The van der Waals surface area contributed by atoms with Crippen molar-refractivity contribution < 1.29 is 20.4 Å². The van der Waals surface area contributed by atoms with E-state index in [2.05, 4.69) is 0 Å². The summed E-state index contributed by atoms with van der Waals surface area (Å²) >= 11 is 0. The zero-order valence-corrected chi connectivity index (χ0v) is 5.23. The Kier molecular flexibility index (Phi) is 3.72. The lowest BCUT2D eigenvalue weighted by Gasteiger charge is -2.17. The Morgan fingerprint density at radius 1 is 1.22 bits per heavy atom. The van der Waals surface area contributed by atoms with Crippen LogP contribution in [0.15, 0.2) is 0 Å². The number of rotatable bonds is 3. The van der Waals surface area contributed by atoms with Crippen molar-refractivity contribution in [2.75, 3.05) is 6.61 Å². The lowest BCUT2D eigenvalue weighted by Crippen LogP contribution is -2.37. The normalized spacial score (nSPS) is 21.0. The molecule has 0 aliphatic rings. The molecule has 0 fully saturated rings. The van der Waals surface area contributed by atoms with Crippen LogP contribution in [0.3, 0.4) is 0 Å². The third-order valence-electron chi connectivity index (χ3n) is 1.08. The van der Waals surface area contributed by atoms with Gasteiger partial charge in [0.15, 0.2) is 0 Å². The van der Waals surface area contributed by atoms with Gasteiger partial charge in [0.2, 0.25) is 0 Å². The quantitative estimate of drug-likeness (QED) is 0.364. The van der Waals surface area contributed by atoms with Crippen LogP contribution in [0.4, 0.5) is 0 Å². The van der Waals surface area contributed by atoms with E-state index in [4.69, 9.17) is 20.4 Å². The summed E-state index contributed by atoms with van der Waals surface area (Å²) in [4.78, 5) is 0. The second kappa shape index (κ2) is 3.79. The van der Waals surface area contributed by atoms with E-state index >= 15 is 0 Å². The van der Waals surface area contributed by atoms with Gasteiger partial charge in [-0.3, -0.25) is 0 Å². The number of hydrogen-bond acceptors (Lipinski definition) is 4. The van der Waals surface area contributed by atoms with Crippen LogP contribution in [0, 0.1) is 0 Å². The molecule has 0 rings (SSSR count). The molecular weight excluding hydrogens is 124 g/mol. The molecular formula is C5H12O4. The van der Waals surface area contributed by atoms with Crippen LogP contribution in [0.2, 0.25) is 0 Å². The summed E-state index contributed by atoms with van der Waals surface area (Å²) in [6, 6.07) is 0. The highest BCUT2D eigenvalue weighted by atomic mass is 16.4. The molecule has 0 aromatic rings. The van der Waals surface area contributed by atoms with Gasteiger partial charge in [-0.15, -0.1) is 0 Å². The third kappa shape index (κ3) is 2.76. The van der Waals surface area contributed by atoms with Crippen LogP contribution in [0.5, 0.6) is 0 Å². The van der Waals surface area contributed by atoms with Crippen LogP contribution in [0.25, 0.3) is 0 Å². The lowest BCUT2D eigenvalue weighted by atomic mass is 10.1. The molecule has 0 aromatic heterocycles. The fourth-order valence-corrected chi connectivity index (χ4v) is 0.429. The number of aliphatic hydroxyl groups excluding tert-OH is 4. The van der Waals surface area contributed by atoms with Gasteiger partial charge in [0.25, 0.3) is 0 Å². The van der Waals surface area contributed by atoms with E-state index in [-0.39, 0.29) is 0 Å². The second-order valence-electron chi connectivity index (χ2n) is 1.98. The summed E-state index contributed by atoms with van der Waals surface area (Å²) in [5, 5.41) is 34.2. The Bertz CT molecular complexity index is 73.4. The van der Waals surface area contributed by atoms with Gasteiger partial charge in [-0.1, -0.05) is 0 Å². The zero-order chi connectivity index (χ0) is 7.44. The van der Waals surface area contributed by atoms with Crippen molar-refractivity contribution in [3.8, 4) is 0 Å². The van der Waals surface area contributed by atoms with Crippen molar-refractivity contribution in [2.24, 2.45) is 0 Å². The molecule has 4 nitrogen and oxygen atoms in total. The summed E-state index contributed by atoms with van der Waals surface area (Å²) in [5.41, 5.74) is 0. The first-order valence-corrected chi connectivity index (χ1v) is 2.74. The van der Waals surface area contributed by atoms with Crippen molar-refractivity contribution in [2.45, 2.75) is 25.2 Å². The summed E-state index contributed by atoms with van der Waals surface area (Å²) in [7, 11) is 0. The molecule has 0 heterocycles. The van der Waals surface area contributed by atoms with Gasteiger partial charge in [0.1, 0.15) is 12.2 Å². The van der Waals surface area contributed by atoms with E-state index in [1.54, 1.807) is 0 Å².